The first-order valence-electron chi connectivity index (χ1n) is 7.97. The predicted molar refractivity (Wildman–Crippen MR) is 90.4 cm³/mol. The van der Waals surface area contributed by atoms with Crippen molar-refractivity contribution in [2.45, 2.75) is 32.0 Å². The maximum atomic E-state index is 12.9. The molecule has 1 amide bonds. The third-order valence-electron chi connectivity index (χ3n) is 4.03. The van der Waals surface area contributed by atoms with Crippen molar-refractivity contribution >= 4 is 17.2 Å². The van der Waals surface area contributed by atoms with Crippen molar-refractivity contribution in [1.29, 1.82) is 0 Å². The van der Waals surface area contributed by atoms with Crippen LogP contribution in [0.4, 0.5) is 13.2 Å². The van der Waals surface area contributed by atoms with E-state index in [-0.39, 0.29) is 11.9 Å². The summed E-state index contributed by atoms with van der Waals surface area (Å²) in [6, 6.07) is 5.01. The Balaban J connectivity index is 1.94. The molecule has 1 fully saturated rings. The number of alkyl halides is 3. The van der Waals surface area contributed by atoms with E-state index in [2.05, 4.69) is 4.98 Å². The first-order valence-corrected chi connectivity index (χ1v) is 8.79. The largest absolute Gasteiger partial charge is 0.416 e. The van der Waals surface area contributed by atoms with Gasteiger partial charge in [0, 0.05) is 19.1 Å². The van der Waals surface area contributed by atoms with Crippen molar-refractivity contribution in [2.75, 3.05) is 13.1 Å². The molecule has 25 heavy (non-hydrogen) atoms. The first-order chi connectivity index (χ1) is 11.8. The summed E-state index contributed by atoms with van der Waals surface area (Å²) in [4.78, 5) is 19.5. The number of carbonyl (C=O) groups excluding carboxylic acids is 1. The van der Waals surface area contributed by atoms with Crippen molar-refractivity contribution in [1.82, 2.24) is 9.88 Å². The molecule has 1 aromatic carbocycles. The van der Waals surface area contributed by atoms with Crippen LogP contribution < -0.4 is 5.73 Å². The zero-order chi connectivity index (χ0) is 18.2. The minimum atomic E-state index is -4.38. The van der Waals surface area contributed by atoms with Crippen molar-refractivity contribution in [3.8, 4) is 10.4 Å². The Bertz CT molecular complexity index is 766. The van der Waals surface area contributed by atoms with E-state index < -0.39 is 11.7 Å². The number of aromatic nitrogens is 1. The van der Waals surface area contributed by atoms with Crippen LogP contribution in [0.5, 0.6) is 0 Å². The van der Waals surface area contributed by atoms with E-state index in [1.807, 2.05) is 0 Å². The Morgan fingerprint density at radius 2 is 1.96 bits per heavy atom. The number of benzene rings is 1. The second-order valence-electron chi connectivity index (χ2n) is 6.00. The third-order valence-corrected chi connectivity index (χ3v) is 5.05. The molecule has 1 heterocycles. The average molecular weight is 369 g/mol. The molecule has 0 saturated heterocycles. The Labute approximate surface area is 147 Å². The summed E-state index contributed by atoms with van der Waals surface area (Å²) in [7, 11) is 0. The summed E-state index contributed by atoms with van der Waals surface area (Å²) in [5.74, 6) is -0.202. The number of aryl methyl sites for hydroxylation is 1. The molecule has 0 bridgehead atoms. The number of thiazole rings is 1. The molecule has 3 rings (SSSR count). The highest BCUT2D eigenvalue weighted by atomic mass is 32.1. The summed E-state index contributed by atoms with van der Waals surface area (Å²) < 4.78 is 38.2. The Hall–Kier alpha value is -1.93. The van der Waals surface area contributed by atoms with Crippen LogP contribution >= 0.6 is 11.3 Å². The van der Waals surface area contributed by atoms with E-state index in [0.29, 0.717) is 34.2 Å². The van der Waals surface area contributed by atoms with Crippen molar-refractivity contribution < 1.29 is 18.0 Å². The van der Waals surface area contributed by atoms with Gasteiger partial charge in [0.05, 0.1) is 15.4 Å². The quantitative estimate of drug-likeness (QED) is 0.874. The number of hydrogen-bond donors (Lipinski definition) is 1. The predicted octanol–water partition coefficient (Wildman–Crippen LogP) is 3.70. The van der Waals surface area contributed by atoms with Crippen LogP contribution in [0.15, 0.2) is 24.3 Å². The molecule has 0 aliphatic heterocycles. The van der Waals surface area contributed by atoms with Crippen molar-refractivity contribution in [3.63, 3.8) is 0 Å². The van der Waals surface area contributed by atoms with Gasteiger partial charge in [0.1, 0.15) is 5.69 Å². The van der Waals surface area contributed by atoms with Crippen molar-refractivity contribution in [3.05, 3.63) is 40.5 Å². The van der Waals surface area contributed by atoms with Gasteiger partial charge in [0.2, 0.25) is 0 Å². The van der Waals surface area contributed by atoms with Crippen molar-refractivity contribution in [2.24, 2.45) is 5.73 Å². The number of amides is 1. The zero-order valence-electron chi connectivity index (χ0n) is 13.6. The number of rotatable bonds is 5. The SMILES string of the molecule is Cc1nc(C(=O)N(CCN)C2CC2)c(-c2ccc(C(F)(F)F)cc2)s1. The smallest absolute Gasteiger partial charge is 0.333 e. The lowest BCUT2D eigenvalue weighted by Crippen LogP contribution is -2.37. The molecule has 4 nitrogen and oxygen atoms in total. The minimum Gasteiger partial charge on any atom is -0.333 e. The molecule has 0 unspecified atom stereocenters. The molecule has 0 radical (unpaired) electrons. The third kappa shape index (κ3) is 3.85. The molecule has 2 aromatic rings. The molecule has 8 heteroatoms. The molecule has 1 aliphatic carbocycles. The average Bonchev–Trinajstić information content (AvgIpc) is 3.33. The standard InChI is InChI=1S/C17H18F3N3OS/c1-10-22-14(16(24)23(9-8-21)13-6-7-13)15(25-10)11-2-4-12(5-3-11)17(18,19)20/h2-5,13H,6-9,21H2,1H3. The van der Waals surface area contributed by atoms with Gasteiger partial charge in [0.25, 0.3) is 5.91 Å². The maximum Gasteiger partial charge on any atom is 0.416 e. The van der Waals surface area contributed by atoms with Gasteiger partial charge < -0.3 is 10.6 Å². The second-order valence-corrected chi connectivity index (χ2v) is 7.21. The van der Waals surface area contributed by atoms with E-state index in [1.54, 1.807) is 11.8 Å². The highest BCUT2D eigenvalue weighted by Gasteiger charge is 2.35. The molecule has 0 spiro atoms. The topological polar surface area (TPSA) is 59.2 Å². The lowest BCUT2D eigenvalue weighted by molar-refractivity contribution is -0.137. The summed E-state index contributed by atoms with van der Waals surface area (Å²) >= 11 is 1.31. The molecule has 1 aliphatic rings. The molecule has 2 N–H and O–H groups in total. The van der Waals surface area contributed by atoms with E-state index in [4.69, 9.17) is 5.73 Å². The van der Waals surface area contributed by atoms with Gasteiger partial charge in [-0.2, -0.15) is 13.2 Å². The molecular weight excluding hydrogens is 351 g/mol. The molecule has 1 aromatic heterocycles. The fourth-order valence-electron chi connectivity index (χ4n) is 2.69. The number of halogens is 3. The van der Waals surface area contributed by atoms with E-state index >= 15 is 0 Å². The van der Waals surface area contributed by atoms with E-state index in [1.165, 1.54) is 23.5 Å². The molecule has 134 valence electrons. The second kappa shape index (κ2) is 6.76. The number of nitrogens with zero attached hydrogens (tertiary/aromatic N) is 2. The van der Waals surface area contributed by atoms with Crippen LogP contribution in [-0.4, -0.2) is 34.9 Å². The number of nitrogens with two attached hydrogens (primary N) is 1. The van der Waals surface area contributed by atoms with Crippen LogP contribution in [0.2, 0.25) is 0 Å². The zero-order valence-corrected chi connectivity index (χ0v) is 14.5. The van der Waals surface area contributed by atoms with Crippen LogP contribution in [0.1, 0.15) is 33.9 Å². The van der Waals surface area contributed by atoms with Gasteiger partial charge in [-0.15, -0.1) is 11.3 Å². The lowest BCUT2D eigenvalue weighted by Gasteiger charge is -2.21. The normalized spacial score (nSPS) is 14.6. The van der Waals surface area contributed by atoms with Gasteiger partial charge in [-0.05, 0) is 37.5 Å². The summed E-state index contributed by atoms with van der Waals surface area (Å²) in [5, 5.41) is 0.696. The molecule has 1 saturated carbocycles. The highest BCUT2D eigenvalue weighted by molar-refractivity contribution is 7.15. The van der Waals surface area contributed by atoms with E-state index in [0.717, 1.165) is 25.0 Å². The number of carbonyl (C=O) groups is 1. The van der Waals surface area contributed by atoms with E-state index in [9.17, 15) is 18.0 Å². The minimum absolute atomic E-state index is 0.193. The van der Waals surface area contributed by atoms with Crippen LogP contribution in [0.3, 0.4) is 0 Å². The van der Waals surface area contributed by atoms with Crippen LogP contribution in [0, 0.1) is 6.92 Å². The Kier molecular flexibility index (Phi) is 4.83. The first kappa shape index (κ1) is 17.9. The fraction of sp³-hybridized carbons (Fsp3) is 0.412. The Morgan fingerprint density at radius 3 is 2.48 bits per heavy atom. The van der Waals surface area contributed by atoms with Crippen LogP contribution in [-0.2, 0) is 6.18 Å². The summed E-state index contributed by atoms with van der Waals surface area (Å²) in [6.07, 6.45) is -2.49. The maximum absolute atomic E-state index is 12.9. The fourth-order valence-corrected chi connectivity index (χ4v) is 3.61. The van der Waals surface area contributed by atoms with Crippen LogP contribution in [0.25, 0.3) is 10.4 Å². The molecular formula is C17H18F3N3OS. The number of hydrogen-bond acceptors (Lipinski definition) is 4. The lowest BCUT2D eigenvalue weighted by atomic mass is 10.1. The monoisotopic (exact) mass is 369 g/mol. The summed E-state index contributed by atoms with van der Waals surface area (Å²) in [5.41, 5.74) is 5.74. The van der Waals surface area contributed by atoms with Gasteiger partial charge in [0.15, 0.2) is 0 Å². The van der Waals surface area contributed by atoms with Gasteiger partial charge in [-0.3, -0.25) is 4.79 Å². The molecule has 0 atom stereocenters. The Morgan fingerprint density at radius 1 is 1.32 bits per heavy atom. The van der Waals surface area contributed by atoms with Gasteiger partial charge >= 0.3 is 6.18 Å². The van der Waals surface area contributed by atoms with Gasteiger partial charge in [-0.1, -0.05) is 12.1 Å². The highest BCUT2D eigenvalue weighted by Crippen LogP contribution is 2.36. The summed E-state index contributed by atoms with van der Waals surface area (Å²) in [6.45, 7) is 2.59. The van der Waals surface area contributed by atoms with Gasteiger partial charge in [-0.25, -0.2) is 4.98 Å².